The van der Waals surface area contributed by atoms with Crippen LogP contribution in [0.15, 0.2) is 59.5 Å². The predicted molar refractivity (Wildman–Crippen MR) is 123 cm³/mol. The maximum atomic E-state index is 13.8. The van der Waals surface area contributed by atoms with E-state index >= 15 is 0 Å². The molecule has 10 heteroatoms. The summed E-state index contributed by atoms with van der Waals surface area (Å²) in [4.78, 5) is 29.1. The van der Waals surface area contributed by atoms with Gasteiger partial charge in [0, 0.05) is 26.2 Å². The Morgan fingerprint density at radius 2 is 1.67 bits per heavy atom. The quantitative estimate of drug-likeness (QED) is 0.615. The number of hydrogen-bond acceptors (Lipinski definition) is 5. The first kappa shape index (κ1) is 22.9. The highest BCUT2D eigenvalue weighted by atomic mass is 35.5. The molecular formula is C23H22ClF2N5O2. The Morgan fingerprint density at radius 1 is 1.03 bits per heavy atom. The van der Waals surface area contributed by atoms with Crippen molar-refractivity contribution < 1.29 is 13.6 Å². The Labute approximate surface area is 194 Å². The average Bonchev–Trinajstić information content (AvgIpc) is 2.83. The van der Waals surface area contributed by atoms with Crippen molar-refractivity contribution >= 4 is 28.9 Å². The number of aromatic nitrogens is 2. The van der Waals surface area contributed by atoms with E-state index in [-0.39, 0.29) is 5.02 Å². The number of anilines is 2. The molecule has 0 saturated carbocycles. The van der Waals surface area contributed by atoms with E-state index in [0.29, 0.717) is 37.6 Å². The van der Waals surface area contributed by atoms with E-state index in [9.17, 15) is 18.4 Å². The third kappa shape index (κ3) is 4.74. The lowest BCUT2D eigenvalue weighted by molar-refractivity contribution is -0.120. The van der Waals surface area contributed by atoms with Gasteiger partial charge in [0.1, 0.15) is 22.3 Å². The second-order valence-corrected chi connectivity index (χ2v) is 8.06. The molecule has 1 unspecified atom stereocenters. The van der Waals surface area contributed by atoms with Crippen LogP contribution in [0.1, 0.15) is 6.92 Å². The lowest BCUT2D eigenvalue weighted by atomic mass is 10.2. The number of halogens is 3. The normalized spacial score (nSPS) is 15.3. The summed E-state index contributed by atoms with van der Waals surface area (Å²) in [6.07, 6.45) is 1.56. The van der Waals surface area contributed by atoms with Gasteiger partial charge in [-0.2, -0.15) is 9.78 Å². The molecule has 172 valence electrons. The first-order valence-corrected chi connectivity index (χ1v) is 10.8. The van der Waals surface area contributed by atoms with Crippen LogP contribution in [0.4, 0.5) is 20.2 Å². The molecule has 0 bridgehead atoms. The highest BCUT2D eigenvalue weighted by Crippen LogP contribution is 2.24. The van der Waals surface area contributed by atoms with Gasteiger partial charge < -0.3 is 10.2 Å². The van der Waals surface area contributed by atoms with Crippen LogP contribution in [0.5, 0.6) is 0 Å². The smallest absolute Gasteiger partial charge is 0.292 e. The molecule has 1 aliphatic rings. The van der Waals surface area contributed by atoms with E-state index in [1.807, 2.05) is 28.0 Å². The molecular weight excluding hydrogens is 452 g/mol. The van der Waals surface area contributed by atoms with E-state index in [1.165, 1.54) is 10.7 Å². The number of piperazine rings is 1. The number of para-hydroxylation sites is 2. The van der Waals surface area contributed by atoms with E-state index in [2.05, 4.69) is 10.4 Å². The van der Waals surface area contributed by atoms with Crippen LogP contribution in [0, 0.1) is 11.6 Å². The van der Waals surface area contributed by atoms with Crippen molar-refractivity contribution in [3.05, 3.63) is 81.7 Å². The minimum atomic E-state index is -0.826. The number of nitrogens with one attached hydrogen (secondary N) is 1. The maximum Gasteiger partial charge on any atom is 0.292 e. The van der Waals surface area contributed by atoms with Crippen molar-refractivity contribution in [1.29, 1.82) is 0 Å². The molecule has 1 amide bonds. The van der Waals surface area contributed by atoms with Crippen molar-refractivity contribution in [3.8, 4) is 5.69 Å². The predicted octanol–water partition coefficient (Wildman–Crippen LogP) is 3.31. The number of carbonyl (C=O) groups is 1. The zero-order chi connectivity index (χ0) is 23.5. The standard InChI is InChI=1S/C23H22ClF2N5O2/c1-15(22(32)28-21-17(25)8-5-9-18(21)26)29-10-12-30(13-11-29)19-14-27-31(23(33)20(19)24)16-6-3-2-4-7-16/h2-9,14-15H,10-13H2,1H3,(H,28,32). The fourth-order valence-corrected chi connectivity index (χ4v) is 4.01. The summed E-state index contributed by atoms with van der Waals surface area (Å²) in [6.45, 7) is 3.67. The number of benzene rings is 2. The molecule has 33 heavy (non-hydrogen) atoms. The maximum absolute atomic E-state index is 13.8. The zero-order valence-electron chi connectivity index (χ0n) is 17.8. The van der Waals surface area contributed by atoms with Crippen LogP contribution in [-0.2, 0) is 4.79 Å². The molecule has 1 saturated heterocycles. The van der Waals surface area contributed by atoms with Gasteiger partial charge in [-0.3, -0.25) is 14.5 Å². The summed E-state index contributed by atoms with van der Waals surface area (Å²) in [5.74, 6) is -2.15. The zero-order valence-corrected chi connectivity index (χ0v) is 18.6. The summed E-state index contributed by atoms with van der Waals surface area (Å²) in [7, 11) is 0. The summed E-state index contributed by atoms with van der Waals surface area (Å²) in [5, 5.41) is 6.67. The highest BCUT2D eigenvalue weighted by Gasteiger charge is 2.28. The van der Waals surface area contributed by atoms with E-state index in [1.54, 1.807) is 25.3 Å². The van der Waals surface area contributed by atoms with Crippen LogP contribution in [0.3, 0.4) is 0 Å². The van der Waals surface area contributed by atoms with Crippen LogP contribution in [0.2, 0.25) is 5.02 Å². The van der Waals surface area contributed by atoms with Crippen molar-refractivity contribution in [2.75, 3.05) is 36.4 Å². The average molecular weight is 474 g/mol. The van der Waals surface area contributed by atoms with Gasteiger partial charge in [0.25, 0.3) is 5.56 Å². The molecule has 0 spiro atoms. The van der Waals surface area contributed by atoms with Gasteiger partial charge in [-0.25, -0.2) is 8.78 Å². The lowest BCUT2D eigenvalue weighted by Crippen LogP contribution is -2.53. The second-order valence-electron chi connectivity index (χ2n) is 7.68. The molecule has 0 aliphatic carbocycles. The topological polar surface area (TPSA) is 70.5 Å². The molecule has 7 nitrogen and oxygen atoms in total. The molecule has 1 fully saturated rings. The minimum absolute atomic E-state index is 0.0723. The van der Waals surface area contributed by atoms with Crippen molar-refractivity contribution in [1.82, 2.24) is 14.7 Å². The number of amides is 1. The summed E-state index contributed by atoms with van der Waals surface area (Å²) in [6, 6.07) is 11.8. The molecule has 1 atom stereocenters. The van der Waals surface area contributed by atoms with Crippen LogP contribution in [-0.4, -0.2) is 52.8 Å². The Bertz CT molecular complexity index is 1190. The molecule has 3 aromatic rings. The highest BCUT2D eigenvalue weighted by molar-refractivity contribution is 6.33. The first-order valence-electron chi connectivity index (χ1n) is 10.4. The van der Waals surface area contributed by atoms with E-state index in [0.717, 1.165) is 12.1 Å². The number of nitrogens with zero attached hydrogens (tertiary/aromatic N) is 4. The molecule has 1 aliphatic heterocycles. The molecule has 2 heterocycles. The van der Waals surface area contributed by atoms with Gasteiger partial charge in [0.15, 0.2) is 0 Å². The molecule has 0 radical (unpaired) electrons. The summed E-state index contributed by atoms with van der Waals surface area (Å²) in [5.41, 5.74) is 0.276. The van der Waals surface area contributed by atoms with Crippen LogP contribution >= 0.6 is 11.6 Å². The van der Waals surface area contributed by atoms with Crippen molar-refractivity contribution in [2.24, 2.45) is 0 Å². The fraction of sp³-hybridized carbons (Fsp3) is 0.261. The number of hydrogen-bond donors (Lipinski definition) is 1. The second kappa shape index (κ2) is 9.68. The largest absolute Gasteiger partial charge is 0.366 e. The monoisotopic (exact) mass is 473 g/mol. The number of rotatable bonds is 5. The Kier molecular flexibility index (Phi) is 6.71. The SMILES string of the molecule is CC(C(=O)Nc1c(F)cccc1F)N1CCN(c2cnn(-c3ccccc3)c(=O)c2Cl)CC1. The number of carbonyl (C=O) groups excluding carboxylic acids is 1. The Hall–Kier alpha value is -3.30. The Balaban J connectivity index is 1.42. The van der Waals surface area contributed by atoms with Gasteiger partial charge in [-0.05, 0) is 31.2 Å². The summed E-state index contributed by atoms with van der Waals surface area (Å²) < 4.78 is 28.9. The molecule has 1 aromatic heterocycles. The third-order valence-corrected chi connectivity index (χ3v) is 6.05. The van der Waals surface area contributed by atoms with Gasteiger partial charge >= 0.3 is 0 Å². The van der Waals surface area contributed by atoms with Crippen molar-refractivity contribution in [2.45, 2.75) is 13.0 Å². The minimum Gasteiger partial charge on any atom is -0.366 e. The molecule has 1 N–H and O–H groups in total. The van der Waals surface area contributed by atoms with Gasteiger partial charge in [-0.15, -0.1) is 0 Å². The van der Waals surface area contributed by atoms with E-state index < -0.39 is 34.8 Å². The van der Waals surface area contributed by atoms with E-state index in [4.69, 9.17) is 11.6 Å². The fourth-order valence-electron chi connectivity index (χ4n) is 3.76. The lowest BCUT2D eigenvalue weighted by Gasteiger charge is -2.38. The van der Waals surface area contributed by atoms with Crippen LogP contribution in [0.25, 0.3) is 5.69 Å². The van der Waals surface area contributed by atoms with Gasteiger partial charge in [0.05, 0.1) is 23.6 Å². The van der Waals surface area contributed by atoms with Crippen molar-refractivity contribution in [3.63, 3.8) is 0 Å². The first-order chi connectivity index (χ1) is 15.9. The van der Waals surface area contributed by atoms with Gasteiger partial charge in [0.2, 0.25) is 5.91 Å². The Morgan fingerprint density at radius 3 is 2.30 bits per heavy atom. The molecule has 4 rings (SSSR count). The van der Waals surface area contributed by atoms with Crippen LogP contribution < -0.4 is 15.8 Å². The molecule has 2 aromatic carbocycles. The third-order valence-electron chi connectivity index (χ3n) is 5.69. The summed E-state index contributed by atoms with van der Waals surface area (Å²) >= 11 is 6.39. The van der Waals surface area contributed by atoms with Gasteiger partial charge in [-0.1, -0.05) is 35.9 Å².